The van der Waals surface area contributed by atoms with Crippen molar-refractivity contribution in [2.45, 2.75) is 127 Å². The number of hydrogen-bond acceptors (Lipinski definition) is 8. The average molecular weight is 587 g/mol. The molecule has 0 N–H and O–H groups in total. The molecule has 11 heteroatoms. The van der Waals surface area contributed by atoms with Gasteiger partial charge in [-0.05, 0) is 38.5 Å². The zero-order valence-electron chi connectivity index (χ0n) is 20.8. The molecule has 2 aliphatic rings. The Labute approximate surface area is 238 Å². The fraction of sp³-hybridized carbons (Fsp3) is 1.00. The van der Waals surface area contributed by atoms with Crippen LogP contribution in [0.4, 0.5) is 0 Å². The molecule has 0 spiro atoms. The molecule has 0 aromatic rings. The molecule has 0 aliphatic heterocycles. The molecule has 2 aliphatic carbocycles. The molecule has 192 valence electrons. The van der Waals surface area contributed by atoms with Gasteiger partial charge in [0.15, 0.2) is 0 Å². The van der Waals surface area contributed by atoms with Crippen molar-refractivity contribution in [1.29, 1.82) is 0 Å². The quantitative estimate of drug-likeness (QED) is 0.119. The van der Waals surface area contributed by atoms with Gasteiger partial charge in [0.25, 0.3) is 0 Å². The zero-order valence-corrected chi connectivity index (χ0v) is 27.2. The molecule has 0 heterocycles. The van der Waals surface area contributed by atoms with E-state index in [0.717, 1.165) is 64.2 Å². The Morgan fingerprint density at radius 1 is 0.667 bits per heavy atom. The zero-order chi connectivity index (χ0) is 23.7. The van der Waals surface area contributed by atoms with Gasteiger partial charge in [0.1, 0.15) is 0 Å². The van der Waals surface area contributed by atoms with Gasteiger partial charge >= 0.3 is 23.1 Å². The summed E-state index contributed by atoms with van der Waals surface area (Å²) >= 11 is 13.0. The second-order valence-corrected chi connectivity index (χ2v) is 21.2. The van der Waals surface area contributed by atoms with Crippen LogP contribution in [-0.4, -0.2) is 46.8 Å². The summed E-state index contributed by atoms with van der Waals surface area (Å²) in [5.41, 5.74) is -5.60. The van der Waals surface area contributed by atoms with E-state index in [9.17, 15) is 9.79 Å². The van der Waals surface area contributed by atoms with Crippen LogP contribution in [0.2, 0.25) is 0 Å². The Morgan fingerprint density at radius 2 is 1.00 bits per heavy atom. The van der Waals surface area contributed by atoms with Gasteiger partial charge in [-0.2, -0.15) is 0 Å². The minimum Gasteiger partial charge on any atom is -0.793 e. The first-order chi connectivity index (χ1) is 15.3. The Bertz CT molecular complexity index is 515. The van der Waals surface area contributed by atoms with Crippen molar-refractivity contribution in [3.8, 4) is 0 Å². The second kappa shape index (κ2) is 21.5. The smallest absolute Gasteiger partial charge is 0.793 e. The number of hydrogen-bond donors (Lipinski definition) is 0. The third-order valence-electron chi connectivity index (χ3n) is 5.66. The molecule has 2 unspecified atom stereocenters. The Balaban J connectivity index is 0.000000602. The Morgan fingerprint density at radius 3 is 1.30 bits per heavy atom. The van der Waals surface area contributed by atoms with Crippen molar-refractivity contribution in [3.05, 3.63) is 0 Å². The molecule has 2 fully saturated rings. The molecule has 0 bridgehead atoms. The van der Waals surface area contributed by atoms with Gasteiger partial charge in [0, 0.05) is 21.9 Å². The molecule has 0 saturated heterocycles. The van der Waals surface area contributed by atoms with Crippen LogP contribution in [0.1, 0.15) is 117 Å². The van der Waals surface area contributed by atoms with E-state index in [4.69, 9.17) is 32.7 Å². The first-order valence-corrected chi connectivity index (χ1v) is 20.8. The van der Waals surface area contributed by atoms with Crippen LogP contribution in [0.25, 0.3) is 0 Å². The predicted molar refractivity (Wildman–Crippen MR) is 154 cm³/mol. The maximum absolute atomic E-state index is 12.0. The largest absolute Gasteiger partial charge is 2.00 e. The van der Waals surface area contributed by atoms with E-state index in [1.807, 2.05) is 0 Å². The summed E-state index contributed by atoms with van der Waals surface area (Å²) in [6, 6.07) is 0. The molecular formula is C22H44MgO4P2S4. The standard InChI is InChI=1S/2C11H23O2PS2.Mg/c2*1-2-3-7-10-13-14(12,15)16-11-8-5-4-6-9-11;/h2*11H,2-10H2,1H3,(H,12,15);/q;;+2/p-2. The van der Waals surface area contributed by atoms with Crippen LogP contribution in [0.3, 0.4) is 0 Å². The predicted octanol–water partition coefficient (Wildman–Crippen LogP) is 7.31. The first-order valence-electron chi connectivity index (χ1n) is 12.6. The summed E-state index contributed by atoms with van der Waals surface area (Å²) in [5.74, 6) is 0. The van der Waals surface area contributed by atoms with Crippen molar-refractivity contribution in [2.24, 2.45) is 0 Å². The molecule has 0 aromatic carbocycles. The normalized spacial score (nSPS) is 21.2. The van der Waals surface area contributed by atoms with Gasteiger partial charge in [0.2, 0.25) is 0 Å². The minimum atomic E-state index is -2.80. The fourth-order valence-corrected chi connectivity index (χ4v) is 13.4. The van der Waals surface area contributed by atoms with Gasteiger partial charge in [-0.15, -0.1) is 22.8 Å². The molecule has 33 heavy (non-hydrogen) atoms. The Hall–Kier alpha value is 2.61. The van der Waals surface area contributed by atoms with Gasteiger partial charge in [0.05, 0.1) is 13.2 Å². The van der Waals surface area contributed by atoms with Crippen molar-refractivity contribution in [2.75, 3.05) is 13.2 Å². The van der Waals surface area contributed by atoms with E-state index < -0.39 is 11.4 Å². The van der Waals surface area contributed by atoms with E-state index >= 15 is 0 Å². The molecule has 2 atom stereocenters. The van der Waals surface area contributed by atoms with E-state index in [1.165, 1.54) is 61.3 Å². The first kappa shape index (κ1) is 35.6. The average Bonchev–Trinajstić information content (AvgIpc) is 2.76. The van der Waals surface area contributed by atoms with Crippen LogP contribution in [-0.2, 0) is 32.7 Å². The number of rotatable bonds is 14. The molecule has 2 saturated carbocycles. The third kappa shape index (κ3) is 20.3. The molecule has 0 amide bonds. The van der Waals surface area contributed by atoms with Crippen LogP contribution in [0, 0.1) is 0 Å². The monoisotopic (exact) mass is 586 g/mol. The van der Waals surface area contributed by atoms with Crippen LogP contribution in [0.15, 0.2) is 0 Å². The van der Waals surface area contributed by atoms with Crippen LogP contribution in [0.5, 0.6) is 0 Å². The van der Waals surface area contributed by atoms with E-state index in [2.05, 4.69) is 13.8 Å². The summed E-state index contributed by atoms with van der Waals surface area (Å²) in [5, 5.41) is 0.950. The Kier molecular flexibility index (Phi) is 23.2. The van der Waals surface area contributed by atoms with E-state index in [0.29, 0.717) is 23.7 Å². The van der Waals surface area contributed by atoms with Gasteiger partial charge in [-0.3, -0.25) is 0 Å². The van der Waals surface area contributed by atoms with Crippen molar-refractivity contribution < 1.29 is 18.8 Å². The maximum Gasteiger partial charge on any atom is 2.00 e. The van der Waals surface area contributed by atoms with Gasteiger partial charge < -0.3 is 18.8 Å². The minimum absolute atomic E-state index is 0. The van der Waals surface area contributed by atoms with E-state index in [1.54, 1.807) is 0 Å². The van der Waals surface area contributed by atoms with Gasteiger partial charge in [-0.25, -0.2) is 0 Å². The van der Waals surface area contributed by atoms with E-state index in [-0.39, 0.29) is 23.1 Å². The molecule has 4 nitrogen and oxygen atoms in total. The molecule has 0 radical (unpaired) electrons. The van der Waals surface area contributed by atoms with Crippen LogP contribution >= 0.6 is 34.2 Å². The van der Waals surface area contributed by atoms with Gasteiger partial charge in [-0.1, -0.05) is 102 Å². The summed E-state index contributed by atoms with van der Waals surface area (Å²) in [6.07, 6.45) is 18.8. The topological polar surface area (TPSA) is 64.6 Å². The fourth-order valence-electron chi connectivity index (χ4n) is 3.82. The van der Waals surface area contributed by atoms with Crippen molar-refractivity contribution in [1.82, 2.24) is 0 Å². The molecular weight excluding hydrogens is 543 g/mol. The third-order valence-corrected chi connectivity index (χ3v) is 14.9. The summed E-state index contributed by atoms with van der Waals surface area (Å²) in [7, 11) is 0. The summed E-state index contributed by atoms with van der Waals surface area (Å²) in [6.45, 7) is 5.41. The SMILES string of the molecule is CCCCCOP([O-])(=S)SC1CCCCC1.CCCCCOP([O-])(=S)SC1CCCCC1.[Mg+2]. The summed E-state index contributed by atoms with van der Waals surface area (Å²) in [4.78, 5) is 24.0. The number of unbranched alkanes of at least 4 members (excludes halogenated alkanes) is 4. The molecule has 0 aromatic heterocycles. The maximum atomic E-state index is 12.0. The van der Waals surface area contributed by atoms with Crippen molar-refractivity contribution in [3.63, 3.8) is 0 Å². The van der Waals surface area contributed by atoms with Crippen molar-refractivity contribution >= 4 is 80.8 Å². The molecule has 2 rings (SSSR count). The van der Waals surface area contributed by atoms with Crippen LogP contribution < -0.4 is 9.79 Å². The summed E-state index contributed by atoms with van der Waals surface area (Å²) < 4.78 is 10.7. The second-order valence-electron chi connectivity index (χ2n) is 8.71.